The Morgan fingerprint density at radius 2 is 2.11 bits per heavy atom. The number of rotatable bonds is 3. The average Bonchev–Trinajstić information content (AvgIpc) is 2.34. The molecular weight excluding hydrogens is 248 g/mol. The van der Waals surface area contributed by atoms with E-state index in [2.05, 4.69) is 4.98 Å². The van der Waals surface area contributed by atoms with E-state index in [1.54, 1.807) is 12.3 Å². The highest BCUT2D eigenvalue weighted by Gasteiger charge is 2.11. The lowest BCUT2D eigenvalue weighted by Gasteiger charge is -2.13. The molecule has 0 aliphatic heterocycles. The van der Waals surface area contributed by atoms with Gasteiger partial charge in [0.2, 0.25) is 5.88 Å². The normalized spacial score (nSPS) is 12.2. The second-order valence-electron chi connectivity index (χ2n) is 4.20. The summed E-state index contributed by atoms with van der Waals surface area (Å²) in [7, 11) is 0. The lowest BCUT2D eigenvalue weighted by Crippen LogP contribution is -2.07. The smallest absolute Gasteiger partial charge is 0.223 e. The molecule has 1 aromatic heterocycles. The molecule has 0 saturated carbocycles. The third-order valence-electron chi connectivity index (χ3n) is 2.65. The Morgan fingerprint density at radius 3 is 2.83 bits per heavy atom. The van der Waals surface area contributed by atoms with Gasteiger partial charge in [-0.3, -0.25) is 0 Å². The Bertz CT molecular complexity index is 555. The minimum absolute atomic E-state index is 0.131. The molecule has 0 aliphatic carbocycles. The molecular formula is C14H15ClN2O. The maximum atomic E-state index is 5.96. The first-order chi connectivity index (χ1) is 8.58. The van der Waals surface area contributed by atoms with Crippen LogP contribution in [0.25, 0.3) is 0 Å². The highest BCUT2D eigenvalue weighted by atomic mass is 35.5. The maximum Gasteiger partial charge on any atom is 0.223 e. The predicted octanol–water partition coefficient (Wildman–Crippen LogP) is 3.86. The summed E-state index contributed by atoms with van der Waals surface area (Å²) in [4.78, 5) is 4.22. The molecule has 2 rings (SSSR count). The van der Waals surface area contributed by atoms with Gasteiger partial charge in [0.15, 0.2) is 0 Å². The average molecular weight is 263 g/mol. The zero-order valence-corrected chi connectivity index (χ0v) is 11.1. The van der Waals surface area contributed by atoms with Gasteiger partial charge in [-0.25, -0.2) is 4.98 Å². The summed E-state index contributed by atoms with van der Waals surface area (Å²) >= 11 is 5.96. The van der Waals surface area contributed by atoms with Gasteiger partial charge in [-0.05, 0) is 37.6 Å². The van der Waals surface area contributed by atoms with Crippen molar-refractivity contribution in [1.29, 1.82) is 0 Å². The fraction of sp³-hybridized carbons (Fsp3) is 0.214. The van der Waals surface area contributed by atoms with E-state index in [1.807, 2.05) is 38.1 Å². The number of halogens is 1. The molecule has 0 radical (unpaired) electrons. The van der Waals surface area contributed by atoms with Crippen LogP contribution in [0.5, 0.6) is 11.6 Å². The van der Waals surface area contributed by atoms with E-state index in [0.717, 1.165) is 11.1 Å². The molecule has 1 heterocycles. The molecule has 94 valence electrons. The van der Waals surface area contributed by atoms with E-state index in [0.29, 0.717) is 16.7 Å². The summed E-state index contributed by atoms with van der Waals surface area (Å²) in [6.45, 7) is 3.86. The van der Waals surface area contributed by atoms with Crippen LogP contribution in [0.15, 0.2) is 36.5 Å². The van der Waals surface area contributed by atoms with Crippen molar-refractivity contribution in [3.8, 4) is 11.6 Å². The zero-order chi connectivity index (χ0) is 13.1. The Kier molecular flexibility index (Phi) is 3.84. The van der Waals surface area contributed by atoms with Crippen molar-refractivity contribution in [3.63, 3.8) is 0 Å². The molecule has 0 bridgehead atoms. The van der Waals surface area contributed by atoms with Gasteiger partial charge < -0.3 is 10.5 Å². The third-order valence-corrected chi connectivity index (χ3v) is 2.88. The quantitative estimate of drug-likeness (QED) is 0.914. The van der Waals surface area contributed by atoms with Crippen LogP contribution in [-0.2, 0) is 0 Å². The third kappa shape index (κ3) is 2.81. The Morgan fingerprint density at radius 1 is 1.33 bits per heavy atom. The monoisotopic (exact) mass is 262 g/mol. The van der Waals surface area contributed by atoms with Crippen molar-refractivity contribution in [3.05, 3.63) is 52.7 Å². The largest absolute Gasteiger partial charge is 0.438 e. The van der Waals surface area contributed by atoms with Crippen LogP contribution >= 0.6 is 11.6 Å². The SMILES string of the molecule is Cc1ccc(Cl)cc1Oc1ncccc1[C@@H](C)N. The van der Waals surface area contributed by atoms with Gasteiger partial charge in [0.1, 0.15) is 5.75 Å². The predicted molar refractivity (Wildman–Crippen MR) is 73.1 cm³/mol. The standard InChI is InChI=1S/C14H15ClN2O/c1-9-5-6-11(15)8-13(9)18-14-12(10(2)16)4-3-7-17-14/h3-8,10H,16H2,1-2H3/t10-/m1/s1. The van der Waals surface area contributed by atoms with Crippen molar-refractivity contribution in [1.82, 2.24) is 4.98 Å². The number of hydrogen-bond acceptors (Lipinski definition) is 3. The molecule has 2 aromatic rings. The summed E-state index contributed by atoms with van der Waals surface area (Å²) in [6.07, 6.45) is 1.68. The van der Waals surface area contributed by atoms with Gasteiger partial charge in [-0.1, -0.05) is 23.7 Å². The van der Waals surface area contributed by atoms with Crippen LogP contribution in [0, 0.1) is 6.92 Å². The first-order valence-corrected chi connectivity index (χ1v) is 6.10. The fourth-order valence-corrected chi connectivity index (χ4v) is 1.79. The first kappa shape index (κ1) is 12.9. The Hall–Kier alpha value is -1.58. The van der Waals surface area contributed by atoms with Crippen molar-refractivity contribution in [2.24, 2.45) is 5.73 Å². The van der Waals surface area contributed by atoms with Crippen LogP contribution in [0.3, 0.4) is 0 Å². The number of hydrogen-bond donors (Lipinski definition) is 1. The first-order valence-electron chi connectivity index (χ1n) is 5.72. The van der Waals surface area contributed by atoms with Crippen molar-refractivity contribution >= 4 is 11.6 Å². The summed E-state index contributed by atoms with van der Waals surface area (Å²) in [5, 5.41) is 0.633. The second-order valence-corrected chi connectivity index (χ2v) is 4.63. The van der Waals surface area contributed by atoms with Gasteiger partial charge in [-0.15, -0.1) is 0 Å². The van der Waals surface area contributed by atoms with E-state index in [9.17, 15) is 0 Å². The molecule has 1 aromatic carbocycles. The summed E-state index contributed by atoms with van der Waals surface area (Å²) in [5.74, 6) is 1.22. The molecule has 0 spiro atoms. The number of benzene rings is 1. The summed E-state index contributed by atoms with van der Waals surface area (Å²) in [6, 6.07) is 9.13. The van der Waals surface area contributed by atoms with Gasteiger partial charge >= 0.3 is 0 Å². The van der Waals surface area contributed by atoms with E-state index < -0.39 is 0 Å². The van der Waals surface area contributed by atoms with Gasteiger partial charge in [0.25, 0.3) is 0 Å². The fourth-order valence-electron chi connectivity index (χ4n) is 1.62. The van der Waals surface area contributed by atoms with Crippen molar-refractivity contribution in [2.45, 2.75) is 19.9 Å². The highest BCUT2D eigenvalue weighted by Crippen LogP contribution is 2.30. The lowest BCUT2D eigenvalue weighted by molar-refractivity contribution is 0.449. The Labute approximate surface area is 112 Å². The molecule has 2 N–H and O–H groups in total. The molecule has 3 nitrogen and oxygen atoms in total. The van der Waals surface area contributed by atoms with E-state index >= 15 is 0 Å². The number of nitrogens with zero attached hydrogens (tertiary/aromatic N) is 1. The number of aryl methyl sites for hydroxylation is 1. The molecule has 0 unspecified atom stereocenters. The maximum absolute atomic E-state index is 5.96. The number of aromatic nitrogens is 1. The van der Waals surface area contributed by atoms with Gasteiger partial charge in [-0.2, -0.15) is 0 Å². The Balaban J connectivity index is 2.37. The molecule has 0 fully saturated rings. The van der Waals surface area contributed by atoms with E-state index in [1.165, 1.54) is 0 Å². The molecule has 18 heavy (non-hydrogen) atoms. The highest BCUT2D eigenvalue weighted by molar-refractivity contribution is 6.30. The minimum atomic E-state index is -0.131. The van der Waals surface area contributed by atoms with Crippen LogP contribution < -0.4 is 10.5 Å². The summed E-state index contributed by atoms with van der Waals surface area (Å²) in [5.41, 5.74) is 7.76. The minimum Gasteiger partial charge on any atom is -0.438 e. The molecule has 0 aliphatic rings. The van der Waals surface area contributed by atoms with Crippen molar-refractivity contribution < 1.29 is 4.74 Å². The van der Waals surface area contributed by atoms with E-state index in [-0.39, 0.29) is 6.04 Å². The lowest BCUT2D eigenvalue weighted by atomic mass is 10.1. The molecule has 1 atom stereocenters. The number of nitrogens with two attached hydrogens (primary N) is 1. The van der Waals surface area contributed by atoms with Crippen molar-refractivity contribution in [2.75, 3.05) is 0 Å². The molecule has 4 heteroatoms. The summed E-state index contributed by atoms with van der Waals surface area (Å²) < 4.78 is 5.81. The van der Waals surface area contributed by atoms with Gasteiger partial charge in [0.05, 0.1) is 0 Å². The molecule has 0 amide bonds. The van der Waals surface area contributed by atoms with E-state index in [4.69, 9.17) is 22.1 Å². The van der Waals surface area contributed by atoms with Crippen LogP contribution in [-0.4, -0.2) is 4.98 Å². The van der Waals surface area contributed by atoms with Crippen LogP contribution in [0.1, 0.15) is 24.1 Å². The molecule has 0 saturated heterocycles. The number of ether oxygens (including phenoxy) is 1. The second kappa shape index (κ2) is 5.38. The van der Waals surface area contributed by atoms with Crippen LogP contribution in [0.2, 0.25) is 5.02 Å². The topological polar surface area (TPSA) is 48.1 Å². The number of pyridine rings is 1. The van der Waals surface area contributed by atoms with Gasteiger partial charge in [0, 0.05) is 22.8 Å². The van der Waals surface area contributed by atoms with Crippen LogP contribution in [0.4, 0.5) is 0 Å². The zero-order valence-electron chi connectivity index (χ0n) is 10.4.